The maximum absolute atomic E-state index is 10.2. The normalized spacial score (nSPS) is 14.0. The standard InChI is InChI=1S/C25H30O2/c1-2-3-4-5-6-7-23-18-22(14-17-25(23)27)21-10-8-19(9-11-21)20-12-15-24(26)16-13-20/h8,11-18,26-27H,2-7,9-10H2,1H3. The molecule has 0 bridgehead atoms. The number of benzene rings is 2. The lowest BCUT2D eigenvalue weighted by atomic mass is 9.89. The molecule has 142 valence electrons. The van der Waals surface area contributed by atoms with E-state index in [1.807, 2.05) is 24.3 Å². The molecule has 1 aliphatic rings. The van der Waals surface area contributed by atoms with Crippen LogP contribution in [0, 0.1) is 0 Å². The number of aromatic hydroxyl groups is 2. The van der Waals surface area contributed by atoms with Gasteiger partial charge in [-0.3, -0.25) is 0 Å². The van der Waals surface area contributed by atoms with Gasteiger partial charge in [-0.15, -0.1) is 0 Å². The van der Waals surface area contributed by atoms with Crippen molar-refractivity contribution in [1.29, 1.82) is 0 Å². The number of hydrogen-bond donors (Lipinski definition) is 2. The fourth-order valence-corrected chi connectivity index (χ4v) is 3.68. The molecule has 0 saturated carbocycles. The van der Waals surface area contributed by atoms with E-state index in [2.05, 4.69) is 25.1 Å². The highest BCUT2D eigenvalue weighted by molar-refractivity contribution is 5.78. The van der Waals surface area contributed by atoms with E-state index in [9.17, 15) is 10.2 Å². The maximum Gasteiger partial charge on any atom is 0.118 e. The van der Waals surface area contributed by atoms with Crippen LogP contribution in [-0.4, -0.2) is 10.2 Å². The Hall–Kier alpha value is -2.48. The molecule has 0 unspecified atom stereocenters. The average molecular weight is 363 g/mol. The Morgan fingerprint density at radius 2 is 1.37 bits per heavy atom. The van der Waals surface area contributed by atoms with E-state index < -0.39 is 0 Å². The predicted molar refractivity (Wildman–Crippen MR) is 114 cm³/mol. The minimum Gasteiger partial charge on any atom is -0.508 e. The highest BCUT2D eigenvalue weighted by Gasteiger charge is 2.11. The molecule has 2 aromatic carbocycles. The molecule has 2 heteroatoms. The molecule has 2 N–H and O–H groups in total. The van der Waals surface area contributed by atoms with Crippen LogP contribution < -0.4 is 0 Å². The highest BCUT2D eigenvalue weighted by Crippen LogP contribution is 2.33. The molecular weight excluding hydrogens is 332 g/mol. The molecule has 0 heterocycles. The molecule has 0 radical (unpaired) electrons. The van der Waals surface area contributed by atoms with Gasteiger partial charge in [0.1, 0.15) is 11.5 Å². The number of phenolic OH excluding ortho intramolecular Hbond substituents is 2. The number of aryl methyl sites for hydroxylation is 1. The molecule has 1 aliphatic carbocycles. The third-order valence-corrected chi connectivity index (χ3v) is 5.37. The van der Waals surface area contributed by atoms with E-state index in [1.165, 1.54) is 48.0 Å². The fourth-order valence-electron chi connectivity index (χ4n) is 3.68. The van der Waals surface area contributed by atoms with Crippen LogP contribution in [0.15, 0.2) is 54.6 Å². The third kappa shape index (κ3) is 5.26. The zero-order valence-corrected chi connectivity index (χ0v) is 16.2. The lowest BCUT2D eigenvalue weighted by molar-refractivity contribution is 0.466. The van der Waals surface area contributed by atoms with Crippen molar-refractivity contribution in [3.8, 4) is 11.5 Å². The minimum absolute atomic E-state index is 0.303. The number of unbranched alkanes of at least 4 members (excludes halogenated alkanes) is 4. The van der Waals surface area contributed by atoms with Crippen molar-refractivity contribution < 1.29 is 10.2 Å². The second kappa shape index (κ2) is 9.45. The zero-order chi connectivity index (χ0) is 19.1. The second-order valence-corrected chi connectivity index (χ2v) is 7.42. The summed E-state index contributed by atoms with van der Waals surface area (Å²) in [5.41, 5.74) is 6.08. The Bertz CT molecular complexity index is 813. The van der Waals surface area contributed by atoms with Crippen LogP contribution in [-0.2, 0) is 6.42 Å². The molecule has 0 amide bonds. The highest BCUT2D eigenvalue weighted by atomic mass is 16.3. The van der Waals surface area contributed by atoms with Gasteiger partial charge in [-0.25, -0.2) is 0 Å². The summed E-state index contributed by atoms with van der Waals surface area (Å²) < 4.78 is 0. The number of rotatable bonds is 8. The van der Waals surface area contributed by atoms with Crippen molar-refractivity contribution in [1.82, 2.24) is 0 Å². The summed E-state index contributed by atoms with van der Waals surface area (Å²) in [5.74, 6) is 0.726. The quantitative estimate of drug-likeness (QED) is 0.503. The summed E-state index contributed by atoms with van der Waals surface area (Å²) in [5, 5.41) is 19.6. The van der Waals surface area contributed by atoms with Crippen LogP contribution >= 0.6 is 0 Å². The van der Waals surface area contributed by atoms with Crippen LogP contribution in [0.3, 0.4) is 0 Å². The van der Waals surface area contributed by atoms with Gasteiger partial charge in [-0.05, 0) is 77.8 Å². The monoisotopic (exact) mass is 362 g/mol. The average Bonchev–Trinajstić information content (AvgIpc) is 2.70. The van der Waals surface area contributed by atoms with Gasteiger partial charge in [0, 0.05) is 0 Å². The molecule has 3 rings (SSSR count). The lowest BCUT2D eigenvalue weighted by Gasteiger charge is -2.16. The Morgan fingerprint density at radius 1 is 0.741 bits per heavy atom. The first kappa shape index (κ1) is 19.3. The van der Waals surface area contributed by atoms with E-state index in [4.69, 9.17) is 0 Å². The fraction of sp³-hybridized carbons (Fsp3) is 0.360. The van der Waals surface area contributed by atoms with Crippen LogP contribution in [0.5, 0.6) is 11.5 Å². The van der Waals surface area contributed by atoms with Gasteiger partial charge in [-0.1, -0.05) is 63.0 Å². The summed E-state index contributed by atoms with van der Waals surface area (Å²) in [6, 6.07) is 13.5. The van der Waals surface area contributed by atoms with Crippen molar-refractivity contribution in [3.63, 3.8) is 0 Å². The SMILES string of the molecule is CCCCCCCc1cc(C2=CCC(c3ccc(O)cc3)=CC2)ccc1O. The Morgan fingerprint density at radius 3 is 2.04 bits per heavy atom. The first-order chi connectivity index (χ1) is 13.2. The van der Waals surface area contributed by atoms with Crippen molar-refractivity contribution >= 4 is 11.1 Å². The van der Waals surface area contributed by atoms with Crippen molar-refractivity contribution in [3.05, 3.63) is 71.3 Å². The van der Waals surface area contributed by atoms with E-state index >= 15 is 0 Å². The predicted octanol–water partition coefficient (Wildman–Crippen LogP) is 6.87. The molecule has 0 spiro atoms. The van der Waals surface area contributed by atoms with Crippen molar-refractivity contribution in [2.45, 2.75) is 58.3 Å². The van der Waals surface area contributed by atoms with E-state index in [0.717, 1.165) is 31.2 Å². The molecule has 2 nitrogen and oxygen atoms in total. The Kier molecular flexibility index (Phi) is 6.75. The molecule has 0 aliphatic heterocycles. The van der Waals surface area contributed by atoms with Crippen LogP contribution in [0.4, 0.5) is 0 Å². The minimum atomic E-state index is 0.303. The van der Waals surface area contributed by atoms with Crippen molar-refractivity contribution in [2.24, 2.45) is 0 Å². The summed E-state index contributed by atoms with van der Waals surface area (Å²) in [6.45, 7) is 2.23. The van der Waals surface area contributed by atoms with E-state index in [1.54, 1.807) is 12.1 Å². The molecular formula is C25H30O2. The van der Waals surface area contributed by atoms with Gasteiger partial charge in [0.25, 0.3) is 0 Å². The smallest absolute Gasteiger partial charge is 0.118 e. The molecule has 0 aromatic heterocycles. The van der Waals surface area contributed by atoms with Gasteiger partial charge in [0.2, 0.25) is 0 Å². The van der Waals surface area contributed by atoms with Crippen LogP contribution in [0.1, 0.15) is 68.6 Å². The lowest BCUT2D eigenvalue weighted by Crippen LogP contribution is -1.95. The molecule has 0 fully saturated rings. The van der Waals surface area contributed by atoms with Crippen LogP contribution in [0.2, 0.25) is 0 Å². The number of allylic oxidation sites excluding steroid dienone is 4. The maximum atomic E-state index is 10.2. The second-order valence-electron chi connectivity index (χ2n) is 7.42. The van der Waals surface area contributed by atoms with Gasteiger partial charge < -0.3 is 10.2 Å². The summed E-state index contributed by atoms with van der Waals surface area (Å²) in [4.78, 5) is 0. The molecule has 0 atom stereocenters. The molecule has 2 aromatic rings. The van der Waals surface area contributed by atoms with Gasteiger partial charge >= 0.3 is 0 Å². The first-order valence-electron chi connectivity index (χ1n) is 10.2. The Balaban J connectivity index is 1.63. The van der Waals surface area contributed by atoms with Gasteiger partial charge in [-0.2, -0.15) is 0 Å². The third-order valence-electron chi connectivity index (χ3n) is 5.37. The van der Waals surface area contributed by atoms with Crippen LogP contribution in [0.25, 0.3) is 11.1 Å². The summed E-state index contributed by atoms with van der Waals surface area (Å²) in [6.07, 6.45) is 13.5. The largest absolute Gasteiger partial charge is 0.508 e. The first-order valence-corrected chi connectivity index (χ1v) is 10.2. The molecule has 27 heavy (non-hydrogen) atoms. The van der Waals surface area contributed by atoms with Crippen molar-refractivity contribution in [2.75, 3.05) is 0 Å². The zero-order valence-electron chi connectivity index (χ0n) is 16.2. The molecule has 0 saturated heterocycles. The number of phenols is 2. The number of hydrogen-bond acceptors (Lipinski definition) is 2. The summed E-state index contributed by atoms with van der Waals surface area (Å²) in [7, 11) is 0. The van der Waals surface area contributed by atoms with E-state index in [0.29, 0.717) is 11.5 Å². The topological polar surface area (TPSA) is 40.5 Å². The van der Waals surface area contributed by atoms with Gasteiger partial charge in [0.15, 0.2) is 0 Å². The Labute approximate surface area is 162 Å². The van der Waals surface area contributed by atoms with E-state index in [-0.39, 0.29) is 0 Å². The van der Waals surface area contributed by atoms with Gasteiger partial charge in [0.05, 0.1) is 0 Å². The summed E-state index contributed by atoms with van der Waals surface area (Å²) >= 11 is 0.